The third-order valence-electron chi connectivity index (χ3n) is 5.21. The van der Waals surface area contributed by atoms with Crippen LogP contribution >= 0.6 is 0 Å². The Labute approximate surface area is 220 Å². The summed E-state index contributed by atoms with van der Waals surface area (Å²) in [5.74, 6) is -4.07. The highest BCUT2D eigenvalue weighted by Crippen LogP contribution is 2.13. The number of hydrogen-bond acceptors (Lipinski definition) is 4. The lowest BCUT2D eigenvalue weighted by Gasteiger charge is -2.13. The van der Waals surface area contributed by atoms with Gasteiger partial charge in [0, 0.05) is 36.7 Å². The molecule has 0 spiro atoms. The lowest BCUT2D eigenvalue weighted by Crippen LogP contribution is -2.33. The number of halogens is 5. The molecule has 3 rings (SSSR count). The standard InChI is InChI=1S/C25H25F2N3O2.C2HF3O2/c26-22-10-3-1-7-18(22)13-21(28)14-24(31)29-15-17-6-5-9-19(12-17)25(32)30-16-20-8-2-4-11-23(20)27;3-2(4,5)1(6)7/h1-12,21H,13-16,28H2,(H,29,31)(H,30,32);(H,6,7)/t21-;/m1./s1. The number of carboxylic acid groups (broad SMARTS) is 1. The monoisotopic (exact) mass is 551 g/mol. The van der Waals surface area contributed by atoms with Gasteiger partial charge in [-0.1, -0.05) is 48.5 Å². The average Bonchev–Trinajstić information content (AvgIpc) is 2.88. The number of rotatable bonds is 9. The topological polar surface area (TPSA) is 122 Å². The lowest BCUT2D eigenvalue weighted by molar-refractivity contribution is -0.192. The van der Waals surface area contributed by atoms with Crippen molar-refractivity contribution >= 4 is 17.8 Å². The van der Waals surface area contributed by atoms with Crippen molar-refractivity contribution < 1.29 is 41.4 Å². The van der Waals surface area contributed by atoms with E-state index >= 15 is 0 Å². The molecule has 0 aliphatic heterocycles. The summed E-state index contributed by atoms with van der Waals surface area (Å²) >= 11 is 0. The van der Waals surface area contributed by atoms with Crippen LogP contribution in [0.1, 0.15) is 33.5 Å². The molecule has 0 saturated carbocycles. The van der Waals surface area contributed by atoms with Crippen molar-refractivity contribution in [2.75, 3.05) is 0 Å². The first-order valence-electron chi connectivity index (χ1n) is 11.5. The van der Waals surface area contributed by atoms with Gasteiger partial charge in [0.2, 0.25) is 5.91 Å². The fourth-order valence-electron chi connectivity index (χ4n) is 3.27. The van der Waals surface area contributed by atoms with Crippen molar-refractivity contribution in [1.29, 1.82) is 0 Å². The molecule has 0 aliphatic carbocycles. The summed E-state index contributed by atoms with van der Waals surface area (Å²) in [4.78, 5) is 33.5. The van der Waals surface area contributed by atoms with Crippen molar-refractivity contribution in [2.45, 2.75) is 38.1 Å². The zero-order chi connectivity index (χ0) is 29.0. The molecule has 1 atom stereocenters. The minimum absolute atomic E-state index is 0.0527. The van der Waals surface area contributed by atoms with Crippen LogP contribution in [0.15, 0.2) is 72.8 Å². The van der Waals surface area contributed by atoms with Crippen LogP contribution in [0.3, 0.4) is 0 Å². The Bertz CT molecular complexity index is 1280. The number of hydrogen-bond donors (Lipinski definition) is 4. The molecule has 3 aromatic rings. The van der Waals surface area contributed by atoms with Gasteiger partial charge in [0.15, 0.2) is 0 Å². The van der Waals surface area contributed by atoms with E-state index in [0.29, 0.717) is 16.7 Å². The van der Waals surface area contributed by atoms with E-state index in [1.807, 2.05) is 0 Å². The zero-order valence-corrected chi connectivity index (χ0v) is 20.5. The molecule has 0 radical (unpaired) electrons. The fourth-order valence-corrected chi connectivity index (χ4v) is 3.27. The molecule has 0 unspecified atom stereocenters. The average molecular weight is 552 g/mol. The maximum absolute atomic E-state index is 13.7. The number of benzene rings is 3. The molecule has 3 aromatic carbocycles. The van der Waals surface area contributed by atoms with E-state index in [-0.39, 0.29) is 49.4 Å². The van der Waals surface area contributed by atoms with Crippen LogP contribution in [0.25, 0.3) is 0 Å². The van der Waals surface area contributed by atoms with E-state index in [1.165, 1.54) is 12.1 Å². The van der Waals surface area contributed by atoms with Crippen LogP contribution in [0.4, 0.5) is 22.0 Å². The first kappa shape index (κ1) is 30.9. The normalized spacial score (nSPS) is 11.5. The van der Waals surface area contributed by atoms with Crippen LogP contribution in [0, 0.1) is 11.6 Å². The zero-order valence-electron chi connectivity index (χ0n) is 20.5. The third-order valence-corrected chi connectivity index (χ3v) is 5.21. The first-order chi connectivity index (χ1) is 18.4. The maximum Gasteiger partial charge on any atom is 0.490 e. The number of aliphatic carboxylic acids is 1. The Hall–Kier alpha value is -4.32. The van der Waals surface area contributed by atoms with Gasteiger partial charge < -0.3 is 21.5 Å². The number of nitrogens with two attached hydrogens (primary N) is 1. The summed E-state index contributed by atoms with van der Waals surface area (Å²) in [5.41, 5.74) is 8.01. The summed E-state index contributed by atoms with van der Waals surface area (Å²) in [6, 6.07) is 18.9. The molecule has 39 heavy (non-hydrogen) atoms. The smallest absolute Gasteiger partial charge is 0.475 e. The SMILES string of the molecule is N[C@@H](CC(=O)NCc1cccc(C(=O)NCc2ccccc2F)c1)Cc1ccccc1F.O=C(O)C(F)(F)F. The van der Waals surface area contributed by atoms with Gasteiger partial charge in [0.1, 0.15) is 11.6 Å². The molecule has 0 aliphatic rings. The lowest BCUT2D eigenvalue weighted by atomic mass is 10.0. The van der Waals surface area contributed by atoms with Gasteiger partial charge in [0.05, 0.1) is 0 Å². The van der Waals surface area contributed by atoms with Crippen LogP contribution in [-0.2, 0) is 29.1 Å². The quantitative estimate of drug-likeness (QED) is 0.299. The molecular formula is C27H26F5N3O4. The highest BCUT2D eigenvalue weighted by molar-refractivity contribution is 5.94. The second kappa shape index (κ2) is 14.6. The van der Waals surface area contributed by atoms with Crippen LogP contribution in [-0.4, -0.2) is 35.1 Å². The van der Waals surface area contributed by atoms with Gasteiger partial charge in [0.25, 0.3) is 5.91 Å². The van der Waals surface area contributed by atoms with E-state index in [4.69, 9.17) is 15.6 Å². The molecule has 0 fully saturated rings. The van der Waals surface area contributed by atoms with Gasteiger partial charge in [-0.25, -0.2) is 13.6 Å². The molecule has 208 valence electrons. The van der Waals surface area contributed by atoms with Crippen molar-refractivity contribution in [3.63, 3.8) is 0 Å². The number of amides is 2. The second-order valence-corrected chi connectivity index (χ2v) is 8.31. The molecule has 12 heteroatoms. The Balaban J connectivity index is 0.000000673. The molecule has 2 amide bonds. The third kappa shape index (κ3) is 10.9. The fraction of sp³-hybridized carbons (Fsp3) is 0.222. The summed E-state index contributed by atoms with van der Waals surface area (Å²) in [5, 5.41) is 12.6. The largest absolute Gasteiger partial charge is 0.490 e. The van der Waals surface area contributed by atoms with Gasteiger partial charge >= 0.3 is 12.1 Å². The van der Waals surface area contributed by atoms with E-state index in [9.17, 15) is 31.5 Å². The molecule has 7 nitrogen and oxygen atoms in total. The summed E-state index contributed by atoms with van der Waals surface area (Å²) in [6.07, 6.45) is -4.77. The number of carbonyl (C=O) groups is 3. The summed E-state index contributed by atoms with van der Waals surface area (Å²) in [7, 11) is 0. The Morgan fingerprint density at radius 3 is 1.95 bits per heavy atom. The van der Waals surface area contributed by atoms with Crippen LogP contribution in [0.2, 0.25) is 0 Å². The minimum Gasteiger partial charge on any atom is -0.475 e. The maximum atomic E-state index is 13.7. The van der Waals surface area contributed by atoms with Gasteiger partial charge in [-0.2, -0.15) is 13.2 Å². The summed E-state index contributed by atoms with van der Waals surface area (Å²) in [6.45, 7) is 0.298. The Kier molecular flexibility index (Phi) is 11.5. The highest BCUT2D eigenvalue weighted by Gasteiger charge is 2.38. The Morgan fingerprint density at radius 2 is 1.38 bits per heavy atom. The van der Waals surface area contributed by atoms with Crippen molar-refractivity contribution in [3.8, 4) is 0 Å². The van der Waals surface area contributed by atoms with Gasteiger partial charge in [-0.3, -0.25) is 9.59 Å². The minimum atomic E-state index is -5.08. The van der Waals surface area contributed by atoms with Crippen molar-refractivity contribution in [3.05, 3.63) is 107 Å². The van der Waals surface area contributed by atoms with E-state index in [1.54, 1.807) is 60.7 Å². The number of alkyl halides is 3. The van der Waals surface area contributed by atoms with Crippen molar-refractivity contribution in [2.24, 2.45) is 5.73 Å². The van der Waals surface area contributed by atoms with E-state index in [0.717, 1.165) is 5.56 Å². The van der Waals surface area contributed by atoms with Crippen LogP contribution < -0.4 is 16.4 Å². The predicted molar refractivity (Wildman–Crippen MR) is 132 cm³/mol. The molecule has 0 saturated heterocycles. The first-order valence-corrected chi connectivity index (χ1v) is 11.5. The second-order valence-electron chi connectivity index (χ2n) is 8.31. The Morgan fingerprint density at radius 1 is 0.821 bits per heavy atom. The number of carbonyl (C=O) groups excluding carboxylic acids is 2. The van der Waals surface area contributed by atoms with Gasteiger partial charge in [-0.15, -0.1) is 0 Å². The van der Waals surface area contributed by atoms with Crippen molar-refractivity contribution in [1.82, 2.24) is 10.6 Å². The summed E-state index contributed by atoms with van der Waals surface area (Å²) < 4.78 is 59.2. The van der Waals surface area contributed by atoms with Crippen LogP contribution in [0.5, 0.6) is 0 Å². The molecule has 5 N–H and O–H groups in total. The van der Waals surface area contributed by atoms with E-state index < -0.39 is 18.2 Å². The predicted octanol–water partition coefficient (Wildman–Crippen LogP) is 4.10. The molecular weight excluding hydrogens is 525 g/mol. The molecule has 0 heterocycles. The molecule has 0 aromatic heterocycles. The van der Waals surface area contributed by atoms with E-state index in [2.05, 4.69) is 10.6 Å². The van der Waals surface area contributed by atoms with Gasteiger partial charge in [-0.05, 0) is 41.8 Å². The number of nitrogens with one attached hydrogen (secondary N) is 2. The number of carboxylic acids is 1. The highest BCUT2D eigenvalue weighted by atomic mass is 19.4. The molecule has 0 bridgehead atoms.